The van der Waals surface area contributed by atoms with E-state index < -0.39 is 0 Å². The summed E-state index contributed by atoms with van der Waals surface area (Å²) in [5.74, 6) is 0. The van der Waals surface area contributed by atoms with Crippen molar-refractivity contribution in [1.82, 2.24) is 0 Å². The summed E-state index contributed by atoms with van der Waals surface area (Å²) in [6, 6.07) is 0. The predicted octanol–water partition coefficient (Wildman–Crippen LogP) is 2.51. The largest absolute Gasteiger partial charge is 0.298 e. The number of hydrogen-bond acceptors (Lipinski definition) is 1. The first-order valence-electron chi connectivity index (χ1n) is 3.36. The predicted molar refractivity (Wildman–Crippen MR) is 40.7 cm³/mol. The number of aliphatic imine (C=N–C) groups is 1. The molecule has 8 heavy (non-hydrogen) atoms. The zero-order valence-electron chi connectivity index (χ0n) is 6.44. The quantitative estimate of drug-likeness (QED) is 0.490. The zero-order valence-corrected chi connectivity index (χ0v) is 6.44. The maximum Gasteiger partial charge on any atom is 0.0382 e. The van der Waals surface area contributed by atoms with Gasteiger partial charge in [0.05, 0.1) is 0 Å². The van der Waals surface area contributed by atoms with Crippen molar-refractivity contribution < 1.29 is 0 Å². The van der Waals surface area contributed by atoms with Crippen LogP contribution in [0.1, 0.15) is 34.1 Å². The minimum Gasteiger partial charge on any atom is -0.298 e. The lowest BCUT2D eigenvalue weighted by atomic mass is 10.5. The molecule has 0 spiro atoms. The Labute approximate surface area is 52.8 Å². The second-order valence-electron chi connectivity index (χ2n) is 1.16. The van der Waals surface area contributed by atoms with Crippen molar-refractivity contribution in [1.29, 1.82) is 0 Å². The molecular formula is C7H17N. The number of hydrogen-bond donors (Lipinski definition) is 0. The average Bonchev–Trinajstić information content (AvgIpc) is 1.88. The van der Waals surface area contributed by atoms with E-state index in [0.717, 1.165) is 13.0 Å². The minimum absolute atomic E-state index is 0.983. The lowest BCUT2D eigenvalue weighted by molar-refractivity contribution is 0.936. The summed E-state index contributed by atoms with van der Waals surface area (Å²) in [5, 5.41) is 0. The molecule has 0 saturated carbocycles. The molecule has 0 aromatic rings. The van der Waals surface area contributed by atoms with Crippen molar-refractivity contribution in [2.24, 2.45) is 4.99 Å². The Morgan fingerprint density at radius 3 is 2.00 bits per heavy atom. The number of rotatable bonds is 2. The van der Waals surface area contributed by atoms with Gasteiger partial charge in [0.2, 0.25) is 0 Å². The van der Waals surface area contributed by atoms with Crippen LogP contribution in [0.4, 0.5) is 0 Å². The van der Waals surface area contributed by atoms with E-state index in [-0.39, 0.29) is 0 Å². The monoisotopic (exact) mass is 115 g/mol. The summed E-state index contributed by atoms with van der Waals surface area (Å²) in [6.07, 6.45) is 2.99. The molecule has 0 saturated heterocycles. The Morgan fingerprint density at radius 2 is 1.88 bits per heavy atom. The van der Waals surface area contributed by atoms with Gasteiger partial charge in [-0.15, -0.1) is 0 Å². The molecular weight excluding hydrogens is 98.1 g/mol. The van der Waals surface area contributed by atoms with Gasteiger partial charge in [-0.25, -0.2) is 0 Å². The van der Waals surface area contributed by atoms with Gasteiger partial charge in [-0.3, -0.25) is 4.99 Å². The van der Waals surface area contributed by atoms with Gasteiger partial charge in [-0.05, 0) is 19.6 Å². The molecule has 1 nitrogen and oxygen atoms in total. The molecule has 0 rings (SSSR count). The van der Waals surface area contributed by atoms with Crippen molar-refractivity contribution in [3.8, 4) is 0 Å². The van der Waals surface area contributed by atoms with Crippen LogP contribution in [0.5, 0.6) is 0 Å². The molecule has 0 fully saturated rings. The van der Waals surface area contributed by atoms with Gasteiger partial charge < -0.3 is 0 Å². The molecule has 0 N–H and O–H groups in total. The van der Waals surface area contributed by atoms with Gasteiger partial charge in [0.1, 0.15) is 0 Å². The van der Waals surface area contributed by atoms with Crippen LogP contribution in [0.15, 0.2) is 4.99 Å². The maximum absolute atomic E-state index is 3.97. The van der Waals surface area contributed by atoms with Crippen molar-refractivity contribution in [3.05, 3.63) is 0 Å². The molecule has 0 bridgehead atoms. The van der Waals surface area contributed by atoms with Crippen molar-refractivity contribution in [2.75, 3.05) is 6.54 Å². The van der Waals surface area contributed by atoms with Gasteiger partial charge in [0, 0.05) is 6.54 Å². The van der Waals surface area contributed by atoms with Crippen LogP contribution in [0.2, 0.25) is 0 Å². The van der Waals surface area contributed by atoms with E-state index in [1.54, 1.807) is 0 Å². The molecule has 0 heterocycles. The topological polar surface area (TPSA) is 12.4 Å². The molecule has 50 valence electrons. The van der Waals surface area contributed by atoms with Crippen LogP contribution in [0, 0.1) is 0 Å². The van der Waals surface area contributed by atoms with E-state index in [4.69, 9.17) is 0 Å². The highest BCUT2D eigenvalue weighted by Crippen LogP contribution is 1.72. The first-order chi connectivity index (χ1) is 3.91. The van der Waals surface area contributed by atoms with Gasteiger partial charge in [0.25, 0.3) is 0 Å². The second kappa shape index (κ2) is 15.9. The van der Waals surface area contributed by atoms with Crippen molar-refractivity contribution >= 4 is 6.21 Å². The highest BCUT2D eigenvalue weighted by atomic mass is 14.7. The molecule has 0 atom stereocenters. The van der Waals surface area contributed by atoms with Crippen LogP contribution in [0.25, 0.3) is 0 Å². The van der Waals surface area contributed by atoms with Gasteiger partial charge in [0.15, 0.2) is 0 Å². The normalized spacial score (nSPS) is 8.50. The van der Waals surface area contributed by atoms with Crippen LogP contribution in [0.3, 0.4) is 0 Å². The van der Waals surface area contributed by atoms with Crippen molar-refractivity contribution in [3.63, 3.8) is 0 Å². The van der Waals surface area contributed by atoms with Crippen molar-refractivity contribution in [2.45, 2.75) is 34.1 Å². The summed E-state index contributed by atoms with van der Waals surface area (Å²) in [5.41, 5.74) is 0. The lowest BCUT2D eigenvalue weighted by Gasteiger charge is -1.77. The van der Waals surface area contributed by atoms with Crippen LogP contribution in [-0.4, -0.2) is 12.8 Å². The first-order valence-corrected chi connectivity index (χ1v) is 3.36. The Bertz CT molecular complexity index is 39.7. The van der Waals surface area contributed by atoms with Gasteiger partial charge in [-0.2, -0.15) is 0 Å². The van der Waals surface area contributed by atoms with E-state index in [1.807, 2.05) is 27.0 Å². The standard InChI is InChI=1S/C5H11N.C2H6/c1-3-5-6-4-2;1-2/h4H,3,5H2,1-2H3;1-2H3. The van der Waals surface area contributed by atoms with E-state index in [0.29, 0.717) is 0 Å². The molecule has 0 aliphatic heterocycles. The van der Waals surface area contributed by atoms with E-state index in [2.05, 4.69) is 11.9 Å². The molecule has 0 aliphatic rings. The maximum atomic E-state index is 3.97. The third-order valence-electron chi connectivity index (χ3n) is 0.535. The third kappa shape index (κ3) is 17.3. The Kier molecular flexibility index (Phi) is 21.1. The molecule has 0 aromatic carbocycles. The van der Waals surface area contributed by atoms with Crippen LogP contribution in [-0.2, 0) is 0 Å². The third-order valence-corrected chi connectivity index (χ3v) is 0.535. The second-order valence-corrected chi connectivity index (χ2v) is 1.16. The first kappa shape index (κ1) is 10.6. The van der Waals surface area contributed by atoms with Gasteiger partial charge in [-0.1, -0.05) is 20.8 Å². The fourth-order valence-corrected chi connectivity index (χ4v) is 0.258. The molecule has 0 aliphatic carbocycles. The summed E-state index contributed by atoms with van der Waals surface area (Å²) in [4.78, 5) is 3.97. The Balaban J connectivity index is 0. The highest BCUT2D eigenvalue weighted by molar-refractivity contribution is 5.53. The summed E-state index contributed by atoms with van der Waals surface area (Å²) in [7, 11) is 0. The molecule has 0 unspecified atom stereocenters. The fourth-order valence-electron chi connectivity index (χ4n) is 0.258. The zero-order chi connectivity index (χ0) is 6.83. The summed E-state index contributed by atoms with van der Waals surface area (Å²) in [6.45, 7) is 9.04. The molecule has 0 radical (unpaired) electrons. The summed E-state index contributed by atoms with van der Waals surface area (Å²) < 4.78 is 0. The highest BCUT2D eigenvalue weighted by Gasteiger charge is 1.64. The van der Waals surface area contributed by atoms with E-state index in [1.165, 1.54) is 0 Å². The fraction of sp³-hybridized carbons (Fsp3) is 0.857. The van der Waals surface area contributed by atoms with Crippen LogP contribution < -0.4 is 0 Å². The summed E-state index contributed by atoms with van der Waals surface area (Å²) >= 11 is 0. The Hall–Kier alpha value is -0.330. The van der Waals surface area contributed by atoms with E-state index in [9.17, 15) is 0 Å². The minimum atomic E-state index is 0.983. The molecule has 0 aromatic heterocycles. The van der Waals surface area contributed by atoms with Gasteiger partial charge >= 0.3 is 0 Å². The van der Waals surface area contributed by atoms with E-state index >= 15 is 0 Å². The van der Waals surface area contributed by atoms with Crippen LogP contribution >= 0.6 is 0 Å². The number of nitrogens with zero attached hydrogens (tertiary/aromatic N) is 1. The SMILES string of the molecule is CC.CC=NCCC. The molecule has 0 amide bonds. The smallest absolute Gasteiger partial charge is 0.0382 e. The molecule has 1 heteroatoms. The lowest BCUT2D eigenvalue weighted by Crippen LogP contribution is -1.71. The Morgan fingerprint density at radius 1 is 1.38 bits per heavy atom. The average molecular weight is 115 g/mol.